The van der Waals surface area contributed by atoms with Gasteiger partial charge in [0.05, 0.1) is 11.6 Å². The lowest BCUT2D eigenvalue weighted by Gasteiger charge is -2.23. The highest BCUT2D eigenvalue weighted by Crippen LogP contribution is 2.15. The summed E-state index contributed by atoms with van der Waals surface area (Å²) in [5.41, 5.74) is 6.15. The molecular weight excluding hydrogens is 290 g/mol. The minimum Gasteiger partial charge on any atom is -0.475 e. The summed E-state index contributed by atoms with van der Waals surface area (Å²) in [5, 5.41) is 2.89. The molecule has 0 aromatic carbocycles. The van der Waals surface area contributed by atoms with Crippen molar-refractivity contribution in [1.29, 1.82) is 0 Å². The second kappa shape index (κ2) is 8.87. The molecule has 0 aliphatic rings. The summed E-state index contributed by atoms with van der Waals surface area (Å²) in [5.74, 6) is 1.04. The molecule has 0 aliphatic heterocycles. The number of nitrogens with zero attached hydrogens (tertiary/aromatic N) is 1. The number of pyridine rings is 1. The normalized spacial score (nSPS) is 15.1. The van der Waals surface area contributed by atoms with Crippen molar-refractivity contribution < 1.29 is 9.53 Å². The summed E-state index contributed by atoms with van der Waals surface area (Å²) in [6, 6.07) is 3.73. The zero-order valence-electron chi connectivity index (χ0n) is 15.1. The number of nitrogens with two attached hydrogens (primary N) is 1. The van der Waals surface area contributed by atoms with E-state index in [9.17, 15) is 4.79 Å². The number of amides is 1. The van der Waals surface area contributed by atoms with Gasteiger partial charge < -0.3 is 15.8 Å². The topological polar surface area (TPSA) is 77.2 Å². The van der Waals surface area contributed by atoms with E-state index in [1.165, 1.54) is 0 Å². The predicted octanol–water partition coefficient (Wildman–Crippen LogP) is 3.03. The summed E-state index contributed by atoms with van der Waals surface area (Å²) in [4.78, 5) is 16.4. The monoisotopic (exact) mass is 321 g/mol. The SMILES string of the molecule is CCCC(C)(N)C(=O)NCc1ccnc(OC(C)CC(C)C)c1. The van der Waals surface area contributed by atoms with Crippen molar-refractivity contribution in [3.05, 3.63) is 23.9 Å². The molecule has 130 valence electrons. The second-order valence-electron chi connectivity index (χ2n) is 6.91. The summed E-state index contributed by atoms with van der Waals surface area (Å²) >= 11 is 0. The standard InChI is InChI=1S/C18H31N3O2/c1-6-8-18(5,19)17(22)21-12-15-7-9-20-16(11-15)23-14(4)10-13(2)3/h7,9,11,13-14H,6,8,10,12,19H2,1-5H3,(H,21,22). The molecular formula is C18H31N3O2. The summed E-state index contributed by atoms with van der Waals surface area (Å²) in [6.07, 6.45) is 4.33. The number of hydrogen-bond donors (Lipinski definition) is 2. The van der Waals surface area contributed by atoms with Crippen LogP contribution < -0.4 is 15.8 Å². The Morgan fingerprint density at radius 3 is 2.74 bits per heavy atom. The van der Waals surface area contributed by atoms with Gasteiger partial charge in [0.1, 0.15) is 0 Å². The molecule has 1 aromatic rings. The van der Waals surface area contributed by atoms with E-state index in [1.54, 1.807) is 13.1 Å². The van der Waals surface area contributed by atoms with Gasteiger partial charge in [-0.1, -0.05) is 27.2 Å². The molecule has 0 saturated carbocycles. The fourth-order valence-electron chi connectivity index (χ4n) is 2.56. The highest BCUT2D eigenvalue weighted by Gasteiger charge is 2.26. The van der Waals surface area contributed by atoms with E-state index in [1.807, 2.05) is 26.0 Å². The fourth-order valence-corrected chi connectivity index (χ4v) is 2.56. The molecule has 0 fully saturated rings. The Bertz CT molecular complexity index is 501. The van der Waals surface area contributed by atoms with Gasteiger partial charge >= 0.3 is 0 Å². The summed E-state index contributed by atoms with van der Waals surface area (Å²) < 4.78 is 5.83. The van der Waals surface area contributed by atoms with Crippen molar-refractivity contribution >= 4 is 5.91 Å². The van der Waals surface area contributed by atoms with Crippen LogP contribution in [0.3, 0.4) is 0 Å². The van der Waals surface area contributed by atoms with Crippen LogP contribution in [0.4, 0.5) is 0 Å². The van der Waals surface area contributed by atoms with Crippen LogP contribution in [0.25, 0.3) is 0 Å². The van der Waals surface area contributed by atoms with Gasteiger partial charge in [-0.15, -0.1) is 0 Å². The molecule has 0 radical (unpaired) electrons. The van der Waals surface area contributed by atoms with Crippen molar-refractivity contribution in [2.45, 2.75) is 72.1 Å². The van der Waals surface area contributed by atoms with E-state index in [-0.39, 0.29) is 12.0 Å². The van der Waals surface area contributed by atoms with E-state index in [0.29, 0.717) is 24.8 Å². The van der Waals surface area contributed by atoms with Crippen LogP contribution in [0.15, 0.2) is 18.3 Å². The lowest BCUT2D eigenvalue weighted by atomic mass is 9.96. The second-order valence-corrected chi connectivity index (χ2v) is 6.91. The third-order valence-corrected chi connectivity index (χ3v) is 3.67. The van der Waals surface area contributed by atoms with Crippen LogP contribution >= 0.6 is 0 Å². The third-order valence-electron chi connectivity index (χ3n) is 3.67. The lowest BCUT2D eigenvalue weighted by Crippen LogP contribution is -2.51. The fraction of sp³-hybridized carbons (Fsp3) is 0.667. The molecule has 1 amide bonds. The average Bonchev–Trinajstić information content (AvgIpc) is 2.44. The van der Waals surface area contributed by atoms with Crippen LogP contribution in [-0.4, -0.2) is 22.5 Å². The zero-order valence-corrected chi connectivity index (χ0v) is 15.1. The molecule has 2 atom stereocenters. The highest BCUT2D eigenvalue weighted by atomic mass is 16.5. The van der Waals surface area contributed by atoms with Gasteiger partial charge in [0.15, 0.2) is 0 Å². The lowest BCUT2D eigenvalue weighted by molar-refractivity contribution is -0.126. The average molecular weight is 321 g/mol. The first-order valence-corrected chi connectivity index (χ1v) is 8.43. The van der Waals surface area contributed by atoms with Gasteiger partial charge in [-0.3, -0.25) is 4.79 Å². The van der Waals surface area contributed by atoms with Crippen molar-refractivity contribution in [1.82, 2.24) is 10.3 Å². The number of rotatable bonds is 9. The Balaban J connectivity index is 2.59. The van der Waals surface area contributed by atoms with E-state index in [2.05, 4.69) is 24.1 Å². The minimum atomic E-state index is -0.826. The Hall–Kier alpha value is -1.62. The Morgan fingerprint density at radius 1 is 1.43 bits per heavy atom. The van der Waals surface area contributed by atoms with Gasteiger partial charge in [0.25, 0.3) is 0 Å². The summed E-state index contributed by atoms with van der Waals surface area (Å²) in [7, 11) is 0. The number of carbonyl (C=O) groups excluding carboxylic acids is 1. The molecule has 1 aromatic heterocycles. The molecule has 3 N–H and O–H groups in total. The smallest absolute Gasteiger partial charge is 0.240 e. The highest BCUT2D eigenvalue weighted by molar-refractivity contribution is 5.85. The van der Waals surface area contributed by atoms with E-state index in [0.717, 1.165) is 18.4 Å². The van der Waals surface area contributed by atoms with Gasteiger partial charge in [-0.2, -0.15) is 0 Å². The number of aromatic nitrogens is 1. The number of nitrogens with one attached hydrogen (secondary N) is 1. The van der Waals surface area contributed by atoms with Crippen LogP contribution in [0.5, 0.6) is 5.88 Å². The van der Waals surface area contributed by atoms with Crippen LogP contribution in [-0.2, 0) is 11.3 Å². The molecule has 2 unspecified atom stereocenters. The van der Waals surface area contributed by atoms with Gasteiger partial charge in [0.2, 0.25) is 11.8 Å². The first-order chi connectivity index (χ1) is 10.7. The first-order valence-electron chi connectivity index (χ1n) is 8.43. The molecule has 5 heteroatoms. The van der Waals surface area contributed by atoms with Crippen molar-refractivity contribution in [3.63, 3.8) is 0 Å². The zero-order chi connectivity index (χ0) is 17.5. The Labute approximate surface area is 140 Å². The Kier molecular flexibility index (Phi) is 7.49. The van der Waals surface area contributed by atoms with Gasteiger partial charge in [-0.05, 0) is 44.2 Å². The molecule has 1 rings (SSSR count). The summed E-state index contributed by atoms with van der Waals surface area (Å²) in [6.45, 7) is 10.6. The maximum absolute atomic E-state index is 12.1. The number of carbonyl (C=O) groups is 1. The van der Waals surface area contributed by atoms with Crippen LogP contribution in [0.1, 0.15) is 59.4 Å². The van der Waals surface area contributed by atoms with Crippen LogP contribution in [0, 0.1) is 5.92 Å². The van der Waals surface area contributed by atoms with Crippen LogP contribution in [0.2, 0.25) is 0 Å². The van der Waals surface area contributed by atoms with Crippen molar-refractivity contribution in [3.8, 4) is 5.88 Å². The number of hydrogen-bond acceptors (Lipinski definition) is 4. The predicted molar refractivity (Wildman–Crippen MR) is 93.1 cm³/mol. The van der Waals surface area contributed by atoms with Crippen molar-refractivity contribution in [2.75, 3.05) is 0 Å². The molecule has 5 nitrogen and oxygen atoms in total. The molecule has 23 heavy (non-hydrogen) atoms. The molecule has 0 saturated heterocycles. The van der Waals surface area contributed by atoms with E-state index < -0.39 is 5.54 Å². The van der Waals surface area contributed by atoms with E-state index >= 15 is 0 Å². The number of ether oxygens (including phenoxy) is 1. The molecule has 0 bridgehead atoms. The van der Waals surface area contributed by atoms with E-state index in [4.69, 9.17) is 10.5 Å². The third kappa shape index (κ3) is 6.99. The minimum absolute atomic E-state index is 0.115. The molecule has 0 spiro atoms. The first kappa shape index (κ1) is 19.4. The molecule has 0 aliphatic carbocycles. The quantitative estimate of drug-likeness (QED) is 0.733. The maximum Gasteiger partial charge on any atom is 0.240 e. The largest absolute Gasteiger partial charge is 0.475 e. The van der Waals surface area contributed by atoms with Crippen molar-refractivity contribution in [2.24, 2.45) is 11.7 Å². The van der Waals surface area contributed by atoms with Gasteiger partial charge in [-0.25, -0.2) is 4.98 Å². The van der Waals surface area contributed by atoms with Gasteiger partial charge in [0, 0.05) is 18.8 Å². The Morgan fingerprint density at radius 2 is 2.13 bits per heavy atom. The molecule has 1 heterocycles. The maximum atomic E-state index is 12.1.